The molecule has 0 aliphatic carbocycles. The maximum atomic E-state index is 18.2. The summed E-state index contributed by atoms with van der Waals surface area (Å²) in [7, 11) is -7.99. The number of rotatable bonds is 4. The average Bonchev–Trinajstić information content (AvgIpc) is 3.42. The lowest BCUT2D eigenvalue weighted by Crippen LogP contribution is -2.50. The highest BCUT2D eigenvalue weighted by Crippen LogP contribution is 2.74. The summed E-state index contributed by atoms with van der Waals surface area (Å²) in [5, 5.41) is 7.54. The molecule has 0 saturated heterocycles. The molecule has 2 unspecified atom stereocenters. The second-order valence-electron chi connectivity index (χ2n) is 19.0. The summed E-state index contributed by atoms with van der Waals surface area (Å²) in [6.07, 6.45) is 0. The highest BCUT2D eigenvalue weighted by Gasteiger charge is 2.62. The van der Waals surface area contributed by atoms with Crippen LogP contribution in [0.25, 0.3) is 21.5 Å². The van der Waals surface area contributed by atoms with Crippen LogP contribution in [0.5, 0.6) is 23.0 Å². The Labute approximate surface area is 413 Å². The van der Waals surface area contributed by atoms with Gasteiger partial charge >= 0.3 is 0 Å². The van der Waals surface area contributed by atoms with Gasteiger partial charge in [-0.3, -0.25) is 0 Å². The zero-order chi connectivity index (χ0) is 47.2. The molecule has 0 bridgehead atoms. The molecule has 338 valence electrons. The van der Waals surface area contributed by atoms with Crippen LogP contribution in [0.1, 0.15) is 0 Å². The van der Waals surface area contributed by atoms with Gasteiger partial charge in [-0.25, -0.2) is 0 Å². The highest BCUT2D eigenvalue weighted by atomic mass is 31.2. The SMILES string of the molecule is O=P12c3c4cccc3N(c3ccccc3)c3c1c(cc1ccccc31)Oc1c3c5c(c(c12)N4c1ccccc1)Oc1cc2ccccc2c2c1P5(=O)c1c(cccc1N2c1ccccc1)N3c1ccccc1. The average molecular weight is 963 g/mol. The zero-order valence-electron chi connectivity index (χ0n) is 38.1. The van der Waals surface area contributed by atoms with Crippen LogP contribution in [0, 0.1) is 0 Å². The van der Waals surface area contributed by atoms with Crippen LogP contribution in [0.2, 0.25) is 0 Å². The smallest absolute Gasteiger partial charge is 0.186 e. The second-order valence-corrected chi connectivity index (χ2v) is 24.2. The van der Waals surface area contributed by atoms with Gasteiger partial charge in [0.1, 0.15) is 22.9 Å². The standard InChI is InChI=1S/C62H36N4O4P2/c67-71-57-45-31-17-33-47(57)65(41-25-9-3-10-26-41)53-56-62-54(55(61(53)71)69-49-35-37-19-13-15-29-43(37)51(59(49)71)63(45)39-21-5-1-6-22-39)66(42-27-11-4-12-28-42)48-34-18-32-46-58(48)72(62,68)60-50(70-56)36-38-20-14-16-30-44(38)52(60)64(46)40-23-7-2-8-24-40/h1-36H. The maximum Gasteiger partial charge on any atom is 0.186 e. The number of ether oxygens (including phenoxy) is 2. The Hall–Kier alpha value is -8.80. The Morgan fingerprint density at radius 1 is 0.292 bits per heavy atom. The molecule has 0 spiro atoms. The third kappa shape index (κ3) is 4.53. The molecule has 10 heteroatoms. The molecule has 6 heterocycles. The van der Waals surface area contributed by atoms with Gasteiger partial charge in [0.05, 0.1) is 66.0 Å². The van der Waals surface area contributed by atoms with Gasteiger partial charge in [0.2, 0.25) is 0 Å². The zero-order valence-corrected chi connectivity index (χ0v) is 39.9. The summed E-state index contributed by atoms with van der Waals surface area (Å²) >= 11 is 0. The highest BCUT2D eigenvalue weighted by molar-refractivity contribution is 7.88. The van der Waals surface area contributed by atoms with Crippen molar-refractivity contribution in [3.8, 4) is 23.0 Å². The van der Waals surface area contributed by atoms with Crippen molar-refractivity contribution in [3.63, 3.8) is 0 Å². The maximum absolute atomic E-state index is 18.2. The van der Waals surface area contributed by atoms with E-state index in [1.54, 1.807) is 0 Å². The normalized spacial score (nSPS) is 18.3. The van der Waals surface area contributed by atoms with Crippen molar-refractivity contribution in [1.29, 1.82) is 0 Å². The Morgan fingerprint density at radius 2 is 0.597 bits per heavy atom. The third-order valence-corrected chi connectivity index (χ3v) is 21.8. The van der Waals surface area contributed by atoms with Crippen molar-refractivity contribution in [3.05, 3.63) is 218 Å². The first-order valence-electron chi connectivity index (χ1n) is 24.1. The summed E-state index contributed by atoms with van der Waals surface area (Å²) in [5.74, 6) is 1.82. The van der Waals surface area contributed by atoms with E-state index >= 15 is 9.13 Å². The van der Waals surface area contributed by atoms with Gasteiger partial charge < -0.3 is 38.2 Å². The van der Waals surface area contributed by atoms with Crippen molar-refractivity contribution in [1.82, 2.24) is 0 Å². The third-order valence-electron chi connectivity index (χ3n) is 15.4. The molecule has 0 amide bonds. The molecule has 72 heavy (non-hydrogen) atoms. The summed E-state index contributed by atoms with van der Waals surface area (Å²) in [5.41, 5.74) is 9.45. The summed E-state index contributed by atoms with van der Waals surface area (Å²) in [6, 6.07) is 74.3. The molecule has 11 aromatic rings. The van der Waals surface area contributed by atoms with Crippen molar-refractivity contribution in [2.24, 2.45) is 0 Å². The lowest BCUT2D eigenvalue weighted by atomic mass is 10.0. The first-order valence-corrected chi connectivity index (χ1v) is 27.6. The molecule has 6 aliphatic rings. The van der Waals surface area contributed by atoms with Crippen molar-refractivity contribution < 1.29 is 18.6 Å². The summed E-state index contributed by atoms with van der Waals surface area (Å²) < 4.78 is 51.9. The number of nitrogens with zero attached hydrogens (tertiary/aromatic N) is 4. The Morgan fingerprint density at radius 3 is 0.944 bits per heavy atom. The molecule has 8 nitrogen and oxygen atoms in total. The Kier molecular flexibility index (Phi) is 7.33. The van der Waals surface area contributed by atoms with Gasteiger partial charge in [-0.05, 0) is 95.7 Å². The van der Waals surface area contributed by atoms with Crippen LogP contribution in [-0.2, 0) is 9.13 Å². The quantitative estimate of drug-likeness (QED) is 0.162. The van der Waals surface area contributed by atoms with E-state index in [1.807, 2.05) is 97.1 Å². The predicted octanol–water partition coefficient (Wildman–Crippen LogP) is 14.6. The van der Waals surface area contributed by atoms with Crippen LogP contribution in [0.3, 0.4) is 0 Å². The van der Waals surface area contributed by atoms with E-state index in [0.29, 0.717) is 66.2 Å². The van der Waals surface area contributed by atoms with E-state index in [2.05, 4.69) is 141 Å². The largest absolute Gasteiger partial charge is 0.453 e. The van der Waals surface area contributed by atoms with E-state index < -0.39 is 14.3 Å². The number of fused-ring (bicyclic) bond motifs is 6. The number of hydrogen-bond donors (Lipinski definition) is 0. The second kappa shape index (κ2) is 13.5. The fourth-order valence-electron chi connectivity index (χ4n) is 12.8. The van der Waals surface area contributed by atoms with Gasteiger partial charge in [0.15, 0.2) is 25.8 Å². The van der Waals surface area contributed by atoms with Crippen LogP contribution >= 0.6 is 14.3 Å². The minimum Gasteiger partial charge on any atom is -0.453 e. The minimum absolute atomic E-state index is 0.408. The molecule has 0 aromatic heterocycles. The molecule has 0 saturated carbocycles. The molecule has 0 fully saturated rings. The number of benzene rings is 11. The fourth-order valence-corrected chi connectivity index (χ4v) is 19.9. The number of hydrogen-bond acceptors (Lipinski definition) is 8. The Balaban J connectivity index is 1.10. The molecular weight excluding hydrogens is 927 g/mol. The summed E-state index contributed by atoms with van der Waals surface area (Å²) in [4.78, 5) is 8.93. The van der Waals surface area contributed by atoms with Gasteiger partial charge in [0, 0.05) is 33.5 Å². The molecule has 6 aliphatic heterocycles. The minimum atomic E-state index is -4.00. The summed E-state index contributed by atoms with van der Waals surface area (Å²) in [6.45, 7) is 0. The van der Waals surface area contributed by atoms with Crippen LogP contribution in [0.4, 0.5) is 68.2 Å². The lowest BCUT2D eigenvalue weighted by molar-refractivity contribution is 0.475. The first-order chi connectivity index (χ1) is 35.5. The van der Waals surface area contributed by atoms with E-state index in [0.717, 1.165) is 78.4 Å². The first kappa shape index (κ1) is 39.0. The molecule has 17 rings (SSSR count). The molecular formula is C62H36N4O4P2. The fraction of sp³-hybridized carbons (Fsp3) is 0. The molecule has 2 atom stereocenters. The number of para-hydroxylation sites is 4. The van der Waals surface area contributed by atoms with Gasteiger partial charge in [-0.1, -0.05) is 133 Å². The van der Waals surface area contributed by atoms with Crippen LogP contribution < -0.4 is 60.9 Å². The van der Waals surface area contributed by atoms with E-state index in [4.69, 9.17) is 9.47 Å². The molecule has 11 aromatic carbocycles. The van der Waals surface area contributed by atoms with Crippen LogP contribution in [0.15, 0.2) is 218 Å². The van der Waals surface area contributed by atoms with Crippen molar-refractivity contribution in [2.75, 3.05) is 19.6 Å². The molecule has 0 radical (unpaired) electrons. The van der Waals surface area contributed by atoms with E-state index in [1.165, 1.54) is 0 Å². The van der Waals surface area contributed by atoms with Crippen molar-refractivity contribution in [2.45, 2.75) is 0 Å². The topological polar surface area (TPSA) is 65.6 Å². The van der Waals surface area contributed by atoms with E-state index in [-0.39, 0.29) is 0 Å². The Bertz CT molecular complexity index is 4100. The van der Waals surface area contributed by atoms with Crippen LogP contribution in [-0.4, -0.2) is 0 Å². The molecule has 0 N–H and O–H groups in total. The lowest BCUT2D eigenvalue weighted by Gasteiger charge is -2.52. The van der Waals surface area contributed by atoms with Gasteiger partial charge in [-0.15, -0.1) is 0 Å². The van der Waals surface area contributed by atoms with E-state index in [9.17, 15) is 0 Å². The van der Waals surface area contributed by atoms with Gasteiger partial charge in [0.25, 0.3) is 0 Å². The number of anilines is 12. The van der Waals surface area contributed by atoms with Crippen molar-refractivity contribution >= 4 is 136 Å². The predicted molar refractivity (Wildman–Crippen MR) is 293 cm³/mol. The monoisotopic (exact) mass is 962 g/mol. The van der Waals surface area contributed by atoms with Gasteiger partial charge in [-0.2, -0.15) is 0 Å².